The van der Waals surface area contributed by atoms with E-state index in [1.54, 1.807) is 24.5 Å². The number of ether oxygens (including phenoxy) is 1. The van der Waals surface area contributed by atoms with Gasteiger partial charge in [-0.25, -0.2) is 4.39 Å². The van der Waals surface area contributed by atoms with Crippen molar-refractivity contribution in [2.45, 2.75) is 18.9 Å². The van der Waals surface area contributed by atoms with Crippen LogP contribution in [0.1, 0.15) is 12.8 Å². The van der Waals surface area contributed by atoms with Crippen LogP contribution in [-0.4, -0.2) is 30.1 Å². The number of nitrogens with two attached hydrogens (primary N) is 1. The van der Waals surface area contributed by atoms with E-state index in [4.69, 9.17) is 10.5 Å². The zero-order valence-corrected chi connectivity index (χ0v) is 15.9. The number of benzene rings is 2. The predicted octanol–water partition coefficient (Wildman–Crippen LogP) is 3.81. The van der Waals surface area contributed by atoms with Crippen molar-refractivity contribution in [2.75, 3.05) is 23.8 Å². The molecule has 6 nitrogen and oxygen atoms in total. The lowest BCUT2D eigenvalue weighted by Crippen LogP contribution is -2.44. The van der Waals surface area contributed by atoms with E-state index in [-0.39, 0.29) is 17.6 Å². The molecule has 0 aliphatic carbocycles. The summed E-state index contributed by atoms with van der Waals surface area (Å²) in [6.07, 6.45) is 4.98. The first-order chi connectivity index (χ1) is 14.1. The fourth-order valence-electron chi connectivity index (χ4n) is 3.60. The molecular formula is C22H23FN4O2. The molecule has 0 radical (unpaired) electrons. The quantitative estimate of drug-likeness (QED) is 0.612. The van der Waals surface area contributed by atoms with Gasteiger partial charge >= 0.3 is 0 Å². The summed E-state index contributed by atoms with van der Waals surface area (Å²) >= 11 is 0. The molecule has 1 amide bonds. The molecule has 0 saturated carbocycles. The number of rotatable bonds is 5. The van der Waals surface area contributed by atoms with Gasteiger partial charge in [0.05, 0.1) is 11.7 Å². The Kier molecular flexibility index (Phi) is 5.69. The van der Waals surface area contributed by atoms with Crippen molar-refractivity contribution >= 4 is 33.7 Å². The Morgan fingerprint density at radius 2 is 1.79 bits per heavy atom. The summed E-state index contributed by atoms with van der Waals surface area (Å²) in [4.78, 5) is 16.9. The van der Waals surface area contributed by atoms with E-state index in [0.717, 1.165) is 35.0 Å². The molecule has 1 aliphatic rings. The highest BCUT2D eigenvalue weighted by Gasteiger charge is 2.27. The number of aromatic nitrogens is 1. The molecule has 3 aromatic rings. The number of anilines is 3. The summed E-state index contributed by atoms with van der Waals surface area (Å²) in [5, 5.41) is 7.93. The van der Waals surface area contributed by atoms with E-state index in [1.807, 2.05) is 18.2 Å². The van der Waals surface area contributed by atoms with Crippen LogP contribution in [0.15, 0.2) is 54.9 Å². The highest BCUT2D eigenvalue weighted by Crippen LogP contribution is 2.32. The SMILES string of the molecule is NC(C(=O)Nc1ccc(Nc2ccc(F)cc2)c2ccncc12)C1CCOCC1. The molecule has 0 spiro atoms. The Balaban J connectivity index is 1.57. The summed E-state index contributed by atoms with van der Waals surface area (Å²) in [6.45, 7) is 1.28. The number of nitrogens with zero attached hydrogens (tertiary/aromatic N) is 1. The first-order valence-corrected chi connectivity index (χ1v) is 9.65. The minimum absolute atomic E-state index is 0.118. The molecule has 1 aliphatic heterocycles. The van der Waals surface area contributed by atoms with Crippen LogP contribution in [0, 0.1) is 11.7 Å². The minimum Gasteiger partial charge on any atom is -0.381 e. The third-order valence-corrected chi connectivity index (χ3v) is 5.28. The second-order valence-electron chi connectivity index (χ2n) is 7.18. The number of carbonyl (C=O) groups excluding carboxylic acids is 1. The van der Waals surface area contributed by atoms with Crippen molar-refractivity contribution in [1.29, 1.82) is 0 Å². The van der Waals surface area contributed by atoms with Crippen LogP contribution in [0.4, 0.5) is 21.5 Å². The van der Waals surface area contributed by atoms with Crippen molar-refractivity contribution < 1.29 is 13.9 Å². The van der Waals surface area contributed by atoms with Crippen LogP contribution < -0.4 is 16.4 Å². The van der Waals surface area contributed by atoms with Crippen LogP contribution in [-0.2, 0) is 9.53 Å². The standard InChI is InChI=1S/C22H23FN4O2/c23-15-1-3-16(4-2-15)26-19-5-6-20(18-13-25-10-7-17(18)19)27-22(28)21(24)14-8-11-29-12-9-14/h1-7,10,13-14,21,26H,8-9,11-12,24H2,(H,27,28). The minimum atomic E-state index is -0.581. The topological polar surface area (TPSA) is 89.3 Å². The van der Waals surface area contributed by atoms with Gasteiger partial charge in [-0.05, 0) is 61.2 Å². The van der Waals surface area contributed by atoms with E-state index in [1.165, 1.54) is 12.1 Å². The Bertz CT molecular complexity index is 1000. The maximum atomic E-state index is 13.2. The zero-order chi connectivity index (χ0) is 20.2. The van der Waals surface area contributed by atoms with Crippen LogP contribution in [0.3, 0.4) is 0 Å². The smallest absolute Gasteiger partial charge is 0.241 e. The van der Waals surface area contributed by atoms with E-state index >= 15 is 0 Å². The highest BCUT2D eigenvalue weighted by molar-refractivity contribution is 6.07. The summed E-state index contributed by atoms with van der Waals surface area (Å²) in [7, 11) is 0. The lowest BCUT2D eigenvalue weighted by atomic mass is 9.92. The summed E-state index contributed by atoms with van der Waals surface area (Å²) in [5.74, 6) is -0.377. The monoisotopic (exact) mass is 394 g/mol. The molecule has 1 aromatic heterocycles. The van der Waals surface area contributed by atoms with Crippen molar-refractivity contribution in [3.63, 3.8) is 0 Å². The molecule has 2 aromatic carbocycles. The number of halogens is 1. The number of nitrogens with one attached hydrogen (secondary N) is 2. The number of carbonyl (C=O) groups is 1. The molecule has 1 saturated heterocycles. The first-order valence-electron chi connectivity index (χ1n) is 9.65. The normalized spacial score (nSPS) is 15.8. The Morgan fingerprint density at radius 1 is 1.07 bits per heavy atom. The van der Waals surface area contributed by atoms with Gasteiger partial charge in [0.1, 0.15) is 5.82 Å². The van der Waals surface area contributed by atoms with Gasteiger partial charge in [0.2, 0.25) is 5.91 Å². The lowest BCUT2D eigenvalue weighted by Gasteiger charge is -2.27. The largest absolute Gasteiger partial charge is 0.381 e. The van der Waals surface area contributed by atoms with Gasteiger partial charge in [0.25, 0.3) is 0 Å². The van der Waals surface area contributed by atoms with Crippen molar-refractivity contribution in [2.24, 2.45) is 11.7 Å². The molecule has 7 heteroatoms. The second-order valence-corrected chi connectivity index (χ2v) is 7.18. The fourth-order valence-corrected chi connectivity index (χ4v) is 3.60. The van der Waals surface area contributed by atoms with Crippen LogP contribution in [0.5, 0.6) is 0 Å². The van der Waals surface area contributed by atoms with E-state index in [9.17, 15) is 9.18 Å². The van der Waals surface area contributed by atoms with Crippen molar-refractivity contribution in [3.8, 4) is 0 Å². The summed E-state index contributed by atoms with van der Waals surface area (Å²) in [5.41, 5.74) is 8.46. The molecule has 0 bridgehead atoms. The average Bonchev–Trinajstić information content (AvgIpc) is 2.77. The van der Waals surface area contributed by atoms with Crippen molar-refractivity contribution in [3.05, 3.63) is 60.7 Å². The maximum Gasteiger partial charge on any atom is 0.241 e. The third-order valence-electron chi connectivity index (χ3n) is 5.28. The van der Waals surface area contributed by atoms with Crippen LogP contribution >= 0.6 is 0 Å². The molecular weight excluding hydrogens is 371 g/mol. The number of hydrogen-bond donors (Lipinski definition) is 3. The number of pyridine rings is 1. The molecule has 150 valence electrons. The fraction of sp³-hybridized carbons (Fsp3) is 0.273. The van der Waals surface area contributed by atoms with Gasteiger partial charge in [-0.1, -0.05) is 0 Å². The third kappa shape index (κ3) is 4.36. The van der Waals surface area contributed by atoms with E-state index in [0.29, 0.717) is 18.9 Å². The number of amides is 1. The van der Waals surface area contributed by atoms with Gasteiger partial charge in [-0.3, -0.25) is 9.78 Å². The van der Waals surface area contributed by atoms with Gasteiger partial charge in [0.15, 0.2) is 0 Å². The Labute approximate surface area is 168 Å². The van der Waals surface area contributed by atoms with Gasteiger partial charge in [0, 0.05) is 47.8 Å². The second kappa shape index (κ2) is 8.55. The molecule has 2 heterocycles. The molecule has 4 N–H and O–H groups in total. The van der Waals surface area contributed by atoms with E-state index < -0.39 is 6.04 Å². The molecule has 1 atom stereocenters. The maximum absolute atomic E-state index is 13.2. The number of hydrogen-bond acceptors (Lipinski definition) is 5. The highest BCUT2D eigenvalue weighted by atomic mass is 19.1. The van der Waals surface area contributed by atoms with Gasteiger partial charge in [-0.2, -0.15) is 0 Å². The Morgan fingerprint density at radius 3 is 2.55 bits per heavy atom. The van der Waals surface area contributed by atoms with Gasteiger partial charge < -0.3 is 21.1 Å². The summed E-state index contributed by atoms with van der Waals surface area (Å²) < 4.78 is 18.5. The molecule has 1 fully saturated rings. The Hall–Kier alpha value is -3.03. The van der Waals surface area contributed by atoms with Crippen LogP contribution in [0.2, 0.25) is 0 Å². The molecule has 1 unspecified atom stereocenters. The van der Waals surface area contributed by atoms with Gasteiger partial charge in [-0.15, -0.1) is 0 Å². The predicted molar refractivity (Wildman–Crippen MR) is 112 cm³/mol. The van der Waals surface area contributed by atoms with Crippen LogP contribution in [0.25, 0.3) is 10.8 Å². The zero-order valence-electron chi connectivity index (χ0n) is 15.9. The summed E-state index contributed by atoms with van der Waals surface area (Å²) in [6, 6.07) is 11.1. The molecule has 4 rings (SSSR count). The van der Waals surface area contributed by atoms with E-state index in [2.05, 4.69) is 15.6 Å². The number of fused-ring (bicyclic) bond motifs is 1. The first kappa shape index (κ1) is 19.3. The molecule has 29 heavy (non-hydrogen) atoms. The average molecular weight is 394 g/mol. The van der Waals surface area contributed by atoms with Crippen molar-refractivity contribution in [1.82, 2.24) is 4.98 Å². The lowest BCUT2D eigenvalue weighted by molar-refractivity contribution is -0.119.